The number of nitrogens with one attached hydrogen (secondary N) is 1. The Bertz CT molecular complexity index is 332. The van der Waals surface area contributed by atoms with E-state index >= 15 is 0 Å². The van der Waals surface area contributed by atoms with E-state index in [4.69, 9.17) is 16.3 Å². The first kappa shape index (κ1) is 11.3. The lowest BCUT2D eigenvalue weighted by Gasteiger charge is -2.09. The number of nitrogens with two attached hydrogens (primary N) is 2. The zero-order chi connectivity index (χ0) is 11.3. The first-order chi connectivity index (χ1) is 7.11. The van der Waals surface area contributed by atoms with Crippen molar-refractivity contribution < 1.29 is 4.74 Å². The van der Waals surface area contributed by atoms with E-state index in [-0.39, 0.29) is 12.1 Å². The number of rotatable bonds is 3. The molecule has 15 heavy (non-hydrogen) atoms. The van der Waals surface area contributed by atoms with Gasteiger partial charge in [-0.25, -0.2) is 10.8 Å². The van der Waals surface area contributed by atoms with E-state index in [1.165, 1.54) is 0 Å². The smallest absolute Gasteiger partial charge is 0.208 e. The number of guanidine groups is 1. The topological polar surface area (TPSA) is 85.7 Å². The molecule has 1 aromatic rings. The van der Waals surface area contributed by atoms with Crippen LogP contribution in [0.5, 0.6) is 5.75 Å². The molecule has 0 saturated heterocycles. The van der Waals surface area contributed by atoms with E-state index < -0.39 is 0 Å². The lowest BCUT2D eigenvalue weighted by atomic mass is 10.3. The second kappa shape index (κ2) is 5.21. The summed E-state index contributed by atoms with van der Waals surface area (Å²) in [4.78, 5) is 4.00. The average Bonchev–Trinajstić information content (AvgIpc) is 2.20. The van der Waals surface area contributed by atoms with E-state index in [2.05, 4.69) is 10.4 Å². The van der Waals surface area contributed by atoms with Crippen LogP contribution in [0.25, 0.3) is 0 Å². The van der Waals surface area contributed by atoms with Crippen LogP contribution in [0.15, 0.2) is 29.3 Å². The Labute approximate surface area is 89.1 Å². The van der Waals surface area contributed by atoms with Crippen molar-refractivity contribution in [3.63, 3.8) is 0 Å². The maximum Gasteiger partial charge on any atom is 0.208 e. The molecule has 0 unspecified atom stereocenters. The van der Waals surface area contributed by atoms with Crippen LogP contribution in [-0.4, -0.2) is 12.1 Å². The van der Waals surface area contributed by atoms with Crippen molar-refractivity contribution in [3.05, 3.63) is 24.3 Å². The molecule has 5 heteroatoms. The van der Waals surface area contributed by atoms with Crippen molar-refractivity contribution >= 4 is 11.6 Å². The van der Waals surface area contributed by atoms with E-state index in [0.717, 1.165) is 11.4 Å². The number of hydrogen-bond acceptors (Lipinski definition) is 3. The van der Waals surface area contributed by atoms with Gasteiger partial charge >= 0.3 is 0 Å². The first-order valence-electron chi connectivity index (χ1n) is 4.69. The molecule has 0 aliphatic rings. The summed E-state index contributed by atoms with van der Waals surface area (Å²) in [6.45, 7) is 3.95. The van der Waals surface area contributed by atoms with Crippen molar-refractivity contribution in [2.24, 2.45) is 16.6 Å². The second-order valence-electron chi connectivity index (χ2n) is 3.30. The van der Waals surface area contributed by atoms with Gasteiger partial charge < -0.3 is 10.5 Å². The Kier molecular flexibility index (Phi) is 3.93. The molecule has 1 rings (SSSR count). The fourth-order valence-electron chi connectivity index (χ4n) is 1.04. The van der Waals surface area contributed by atoms with Crippen LogP contribution < -0.4 is 21.7 Å². The number of ether oxygens (including phenoxy) is 1. The summed E-state index contributed by atoms with van der Waals surface area (Å²) in [6.07, 6.45) is 0.162. The lowest BCUT2D eigenvalue weighted by Crippen LogP contribution is -2.36. The van der Waals surface area contributed by atoms with Crippen molar-refractivity contribution in [1.82, 2.24) is 5.43 Å². The third-order valence-corrected chi connectivity index (χ3v) is 1.61. The van der Waals surface area contributed by atoms with Crippen molar-refractivity contribution in [2.45, 2.75) is 20.0 Å². The largest absolute Gasteiger partial charge is 0.491 e. The molecule has 0 aliphatic carbocycles. The minimum Gasteiger partial charge on any atom is -0.491 e. The molecule has 0 aromatic heterocycles. The minimum atomic E-state index is 0.162. The molecular weight excluding hydrogens is 192 g/mol. The highest BCUT2D eigenvalue weighted by Gasteiger charge is 1.97. The quantitative estimate of drug-likeness (QED) is 0.298. The molecule has 0 spiro atoms. The summed E-state index contributed by atoms with van der Waals surface area (Å²) in [5, 5.41) is 0. The maximum atomic E-state index is 5.48. The van der Waals surface area contributed by atoms with Crippen LogP contribution in [0.3, 0.4) is 0 Å². The van der Waals surface area contributed by atoms with Crippen molar-refractivity contribution in [2.75, 3.05) is 0 Å². The average molecular weight is 208 g/mol. The molecule has 5 N–H and O–H groups in total. The van der Waals surface area contributed by atoms with Gasteiger partial charge in [-0.1, -0.05) is 0 Å². The Hall–Kier alpha value is -1.75. The zero-order valence-electron chi connectivity index (χ0n) is 8.90. The van der Waals surface area contributed by atoms with E-state index in [9.17, 15) is 0 Å². The minimum absolute atomic E-state index is 0.162. The van der Waals surface area contributed by atoms with Gasteiger partial charge in [0.25, 0.3) is 0 Å². The Balaban J connectivity index is 2.72. The van der Waals surface area contributed by atoms with E-state index in [0.29, 0.717) is 0 Å². The summed E-state index contributed by atoms with van der Waals surface area (Å²) < 4.78 is 5.48. The molecule has 0 saturated carbocycles. The van der Waals surface area contributed by atoms with Gasteiger partial charge in [-0.15, -0.1) is 0 Å². The van der Waals surface area contributed by atoms with Crippen LogP contribution >= 0.6 is 0 Å². The molecule has 0 radical (unpaired) electrons. The number of hydrogen-bond donors (Lipinski definition) is 3. The highest BCUT2D eigenvalue weighted by atomic mass is 16.5. The van der Waals surface area contributed by atoms with Crippen LogP contribution in [0.2, 0.25) is 0 Å². The molecule has 0 aliphatic heterocycles. The van der Waals surface area contributed by atoms with Crippen molar-refractivity contribution in [3.8, 4) is 5.75 Å². The summed E-state index contributed by atoms with van der Waals surface area (Å²) in [7, 11) is 0. The first-order valence-corrected chi connectivity index (χ1v) is 4.69. The standard InChI is InChI=1S/C10H16N4O/c1-7(2)15-9-5-3-8(4-6-9)13-10(11)14-12/h3-7H,12H2,1-2H3,(H3,11,13,14). The molecule has 5 nitrogen and oxygen atoms in total. The molecule has 0 bridgehead atoms. The van der Waals surface area contributed by atoms with Crippen LogP contribution in [0.1, 0.15) is 13.8 Å². The third kappa shape index (κ3) is 3.86. The molecule has 0 atom stereocenters. The lowest BCUT2D eigenvalue weighted by molar-refractivity contribution is 0.242. The van der Waals surface area contributed by atoms with Gasteiger partial charge in [0.15, 0.2) is 0 Å². The molecule has 82 valence electrons. The summed E-state index contributed by atoms with van der Waals surface area (Å²) in [5.41, 5.74) is 8.39. The third-order valence-electron chi connectivity index (χ3n) is 1.61. The number of benzene rings is 1. The Morgan fingerprint density at radius 3 is 2.40 bits per heavy atom. The molecule has 0 amide bonds. The Morgan fingerprint density at radius 1 is 1.33 bits per heavy atom. The number of hydrazine groups is 1. The van der Waals surface area contributed by atoms with Gasteiger partial charge in [0, 0.05) is 0 Å². The normalized spacial score (nSPS) is 11.6. The number of nitrogens with zero attached hydrogens (tertiary/aromatic N) is 1. The van der Waals surface area contributed by atoms with E-state index in [1.54, 1.807) is 0 Å². The highest BCUT2D eigenvalue weighted by molar-refractivity contribution is 5.80. The zero-order valence-corrected chi connectivity index (χ0v) is 8.90. The maximum absolute atomic E-state index is 5.48. The second-order valence-corrected chi connectivity index (χ2v) is 3.30. The SMILES string of the molecule is CC(C)Oc1ccc(N=C(N)NN)cc1. The van der Waals surface area contributed by atoms with Gasteiger partial charge in [-0.2, -0.15) is 0 Å². The highest BCUT2D eigenvalue weighted by Crippen LogP contribution is 2.18. The number of aliphatic imine (C=N–C) groups is 1. The van der Waals surface area contributed by atoms with Crippen molar-refractivity contribution in [1.29, 1.82) is 0 Å². The van der Waals surface area contributed by atoms with Gasteiger partial charge in [-0.3, -0.25) is 5.43 Å². The van der Waals surface area contributed by atoms with Crippen LogP contribution in [-0.2, 0) is 0 Å². The van der Waals surface area contributed by atoms with Crippen LogP contribution in [0, 0.1) is 0 Å². The van der Waals surface area contributed by atoms with E-state index in [1.807, 2.05) is 38.1 Å². The monoisotopic (exact) mass is 208 g/mol. The molecule has 0 fully saturated rings. The fourth-order valence-corrected chi connectivity index (χ4v) is 1.04. The molecule has 1 aromatic carbocycles. The molecular formula is C10H16N4O. The summed E-state index contributed by atoms with van der Waals surface area (Å²) >= 11 is 0. The predicted molar refractivity (Wildman–Crippen MR) is 60.8 cm³/mol. The van der Waals surface area contributed by atoms with Gasteiger partial charge in [0.05, 0.1) is 11.8 Å². The Morgan fingerprint density at radius 2 is 1.93 bits per heavy atom. The predicted octanol–water partition coefficient (Wildman–Crippen LogP) is 0.883. The van der Waals surface area contributed by atoms with Gasteiger partial charge in [0.1, 0.15) is 5.75 Å². The van der Waals surface area contributed by atoms with Gasteiger partial charge in [-0.05, 0) is 38.1 Å². The summed E-state index contributed by atoms with van der Waals surface area (Å²) in [6, 6.07) is 7.29. The molecule has 0 heterocycles. The van der Waals surface area contributed by atoms with Gasteiger partial charge in [0.2, 0.25) is 5.96 Å². The summed E-state index contributed by atoms with van der Waals surface area (Å²) in [5.74, 6) is 6.07. The van der Waals surface area contributed by atoms with Crippen LogP contribution in [0.4, 0.5) is 5.69 Å². The fraction of sp³-hybridized carbons (Fsp3) is 0.300.